The number of rotatable bonds is 14. The standard InChI is InChI=1S/C19H32O6/c1-15(2)17(20)24-11-7-9-22-13-19(5,6)14-23-10-8-12-25-18(21)16(3)4/h1,3,7-14H2,2,4-6H3. The maximum absolute atomic E-state index is 11.2. The minimum Gasteiger partial charge on any atom is -0.462 e. The zero-order chi connectivity index (χ0) is 19.3. The molecule has 0 radical (unpaired) electrons. The quantitative estimate of drug-likeness (QED) is 0.271. The van der Waals surface area contributed by atoms with Crippen molar-refractivity contribution in [1.82, 2.24) is 0 Å². The van der Waals surface area contributed by atoms with E-state index in [1.165, 1.54) is 0 Å². The topological polar surface area (TPSA) is 71.1 Å². The van der Waals surface area contributed by atoms with Crippen LogP contribution in [0.4, 0.5) is 0 Å². The molecule has 0 aliphatic rings. The number of hydrogen-bond donors (Lipinski definition) is 0. The molecular weight excluding hydrogens is 324 g/mol. The zero-order valence-corrected chi connectivity index (χ0v) is 16.0. The molecule has 0 aliphatic heterocycles. The van der Waals surface area contributed by atoms with Gasteiger partial charge in [0.2, 0.25) is 0 Å². The van der Waals surface area contributed by atoms with Crippen molar-refractivity contribution in [2.75, 3.05) is 39.6 Å². The normalized spacial score (nSPS) is 11.0. The Hall–Kier alpha value is -1.66. The number of carbonyl (C=O) groups is 2. The van der Waals surface area contributed by atoms with Gasteiger partial charge in [-0.15, -0.1) is 0 Å². The monoisotopic (exact) mass is 356 g/mol. The molecule has 0 bridgehead atoms. The third-order valence-corrected chi connectivity index (χ3v) is 3.01. The van der Waals surface area contributed by atoms with E-state index in [0.29, 0.717) is 63.6 Å². The van der Waals surface area contributed by atoms with Crippen LogP contribution in [0.2, 0.25) is 0 Å². The molecule has 0 spiro atoms. The van der Waals surface area contributed by atoms with Crippen LogP contribution < -0.4 is 0 Å². The zero-order valence-electron chi connectivity index (χ0n) is 16.0. The second-order valence-corrected chi connectivity index (χ2v) is 6.81. The largest absolute Gasteiger partial charge is 0.462 e. The van der Waals surface area contributed by atoms with Crippen molar-refractivity contribution in [2.24, 2.45) is 5.41 Å². The summed E-state index contributed by atoms with van der Waals surface area (Å²) in [4.78, 5) is 22.4. The predicted octanol–water partition coefficient (Wildman–Crippen LogP) is 3.06. The van der Waals surface area contributed by atoms with Gasteiger partial charge in [-0.05, 0) is 13.8 Å². The fraction of sp³-hybridized carbons (Fsp3) is 0.684. The van der Waals surface area contributed by atoms with Gasteiger partial charge in [0.05, 0.1) is 26.4 Å². The van der Waals surface area contributed by atoms with Crippen LogP contribution in [0.5, 0.6) is 0 Å². The summed E-state index contributed by atoms with van der Waals surface area (Å²) in [6.45, 7) is 17.2. The first-order chi connectivity index (χ1) is 11.7. The molecule has 0 aromatic carbocycles. The third-order valence-electron chi connectivity index (χ3n) is 3.01. The highest BCUT2D eigenvalue weighted by atomic mass is 16.5. The van der Waals surface area contributed by atoms with Crippen LogP contribution in [0.1, 0.15) is 40.5 Å². The molecule has 0 atom stereocenters. The second kappa shape index (κ2) is 12.7. The van der Waals surface area contributed by atoms with Crippen LogP contribution in [0.3, 0.4) is 0 Å². The Kier molecular flexibility index (Phi) is 11.8. The number of esters is 2. The van der Waals surface area contributed by atoms with E-state index in [9.17, 15) is 9.59 Å². The van der Waals surface area contributed by atoms with E-state index in [-0.39, 0.29) is 17.4 Å². The molecule has 0 N–H and O–H groups in total. The molecule has 0 saturated heterocycles. The van der Waals surface area contributed by atoms with E-state index in [0.717, 1.165) is 0 Å². The molecule has 0 aromatic rings. The van der Waals surface area contributed by atoms with Crippen LogP contribution in [0.25, 0.3) is 0 Å². The van der Waals surface area contributed by atoms with Gasteiger partial charge in [0.25, 0.3) is 0 Å². The second-order valence-electron chi connectivity index (χ2n) is 6.81. The third kappa shape index (κ3) is 13.3. The Balaban J connectivity index is 3.61. The summed E-state index contributed by atoms with van der Waals surface area (Å²) >= 11 is 0. The van der Waals surface area contributed by atoms with E-state index in [4.69, 9.17) is 18.9 Å². The van der Waals surface area contributed by atoms with Crippen molar-refractivity contribution in [3.05, 3.63) is 24.3 Å². The summed E-state index contributed by atoms with van der Waals surface area (Å²) in [7, 11) is 0. The van der Waals surface area contributed by atoms with Gasteiger partial charge in [-0.1, -0.05) is 27.0 Å². The highest BCUT2D eigenvalue weighted by molar-refractivity contribution is 5.87. The van der Waals surface area contributed by atoms with E-state index < -0.39 is 0 Å². The van der Waals surface area contributed by atoms with Crippen LogP contribution in [0.15, 0.2) is 24.3 Å². The molecule has 0 heterocycles. The van der Waals surface area contributed by atoms with Crippen LogP contribution in [-0.2, 0) is 28.5 Å². The fourth-order valence-electron chi connectivity index (χ4n) is 1.64. The lowest BCUT2D eigenvalue weighted by atomic mass is 9.96. The van der Waals surface area contributed by atoms with Gasteiger partial charge < -0.3 is 18.9 Å². The minimum absolute atomic E-state index is 0.122. The van der Waals surface area contributed by atoms with Gasteiger partial charge in [0.1, 0.15) is 0 Å². The molecule has 0 rings (SSSR count). The number of hydrogen-bond acceptors (Lipinski definition) is 6. The van der Waals surface area contributed by atoms with Gasteiger partial charge in [0, 0.05) is 42.6 Å². The predicted molar refractivity (Wildman–Crippen MR) is 96.2 cm³/mol. The molecule has 0 aromatic heterocycles. The molecule has 0 saturated carbocycles. The lowest BCUT2D eigenvalue weighted by molar-refractivity contribution is -0.140. The van der Waals surface area contributed by atoms with Gasteiger partial charge in [-0.2, -0.15) is 0 Å². The number of ether oxygens (including phenoxy) is 4. The van der Waals surface area contributed by atoms with Gasteiger partial charge in [-0.25, -0.2) is 9.59 Å². The lowest BCUT2D eigenvalue weighted by Gasteiger charge is -2.24. The van der Waals surface area contributed by atoms with E-state index in [2.05, 4.69) is 27.0 Å². The highest BCUT2D eigenvalue weighted by Gasteiger charge is 2.18. The summed E-state index contributed by atoms with van der Waals surface area (Å²) < 4.78 is 21.2. The first-order valence-corrected chi connectivity index (χ1v) is 8.46. The maximum atomic E-state index is 11.2. The Morgan fingerprint density at radius 1 is 0.760 bits per heavy atom. The van der Waals surface area contributed by atoms with Gasteiger partial charge in [0.15, 0.2) is 0 Å². The van der Waals surface area contributed by atoms with Crippen molar-refractivity contribution >= 4 is 11.9 Å². The Labute approximate surface area is 151 Å². The van der Waals surface area contributed by atoms with Crippen molar-refractivity contribution in [3.63, 3.8) is 0 Å². The lowest BCUT2D eigenvalue weighted by Crippen LogP contribution is -2.26. The minimum atomic E-state index is -0.373. The smallest absolute Gasteiger partial charge is 0.333 e. The van der Waals surface area contributed by atoms with Gasteiger partial charge in [-0.3, -0.25) is 0 Å². The van der Waals surface area contributed by atoms with E-state index >= 15 is 0 Å². The Morgan fingerprint density at radius 3 is 1.44 bits per heavy atom. The fourth-order valence-corrected chi connectivity index (χ4v) is 1.64. The summed E-state index contributed by atoms with van der Waals surface area (Å²) in [6, 6.07) is 0. The highest BCUT2D eigenvalue weighted by Crippen LogP contribution is 2.16. The van der Waals surface area contributed by atoms with Crippen molar-refractivity contribution in [2.45, 2.75) is 40.5 Å². The van der Waals surface area contributed by atoms with Crippen LogP contribution in [0, 0.1) is 5.41 Å². The summed E-state index contributed by atoms with van der Waals surface area (Å²) in [5, 5.41) is 0. The molecule has 6 heteroatoms. The van der Waals surface area contributed by atoms with Crippen molar-refractivity contribution in [1.29, 1.82) is 0 Å². The summed E-state index contributed by atoms with van der Waals surface area (Å²) in [6.07, 6.45) is 1.29. The number of carbonyl (C=O) groups excluding carboxylic acids is 2. The van der Waals surface area contributed by atoms with E-state index in [1.54, 1.807) is 13.8 Å². The molecule has 6 nitrogen and oxygen atoms in total. The molecule has 25 heavy (non-hydrogen) atoms. The van der Waals surface area contributed by atoms with E-state index in [1.807, 2.05) is 0 Å². The van der Waals surface area contributed by atoms with Gasteiger partial charge >= 0.3 is 11.9 Å². The molecule has 0 aliphatic carbocycles. The average Bonchev–Trinajstić information content (AvgIpc) is 2.53. The summed E-state index contributed by atoms with van der Waals surface area (Å²) in [5.74, 6) is -0.745. The average molecular weight is 356 g/mol. The van der Waals surface area contributed by atoms with Crippen molar-refractivity contribution in [3.8, 4) is 0 Å². The molecule has 0 amide bonds. The molecular formula is C19H32O6. The SMILES string of the molecule is C=C(C)C(=O)OCCCOCC(C)(C)COCCCOC(=O)C(=C)C. The van der Waals surface area contributed by atoms with Crippen LogP contribution >= 0.6 is 0 Å². The Bertz CT molecular complexity index is 413. The van der Waals surface area contributed by atoms with Crippen molar-refractivity contribution < 1.29 is 28.5 Å². The molecule has 0 unspecified atom stereocenters. The Morgan fingerprint density at radius 2 is 1.12 bits per heavy atom. The molecule has 144 valence electrons. The van der Waals surface area contributed by atoms with Crippen LogP contribution in [-0.4, -0.2) is 51.6 Å². The first kappa shape index (κ1) is 23.3. The summed E-state index contributed by atoms with van der Waals surface area (Å²) in [5.41, 5.74) is 0.671. The molecule has 0 fully saturated rings. The maximum Gasteiger partial charge on any atom is 0.333 e. The first-order valence-electron chi connectivity index (χ1n) is 8.46.